The molecule has 1 atom stereocenters. The van der Waals surface area contributed by atoms with Gasteiger partial charge in [-0.15, -0.1) is 0 Å². The van der Waals surface area contributed by atoms with E-state index in [1.54, 1.807) is 10.7 Å². The number of ether oxygens (including phenoxy) is 1. The number of anilines is 1. The zero-order valence-corrected chi connectivity index (χ0v) is 16.6. The predicted molar refractivity (Wildman–Crippen MR) is 109 cm³/mol. The van der Waals surface area contributed by atoms with Crippen molar-refractivity contribution in [2.45, 2.75) is 33.1 Å². The van der Waals surface area contributed by atoms with E-state index in [9.17, 15) is 9.59 Å². The summed E-state index contributed by atoms with van der Waals surface area (Å²) in [5.74, 6) is 1.89. The Morgan fingerprint density at radius 1 is 1.21 bits per heavy atom. The van der Waals surface area contributed by atoms with Gasteiger partial charge in [-0.1, -0.05) is 32.0 Å². The van der Waals surface area contributed by atoms with Gasteiger partial charge in [-0.25, -0.2) is 5.10 Å². The molecule has 8 heteroatoms. The van der Waals surface area contributed by atoms with E-state index >= 15 is 0 Å². The normalized spacial score (nSPS) is 15.9. The molecule has 29 heavy (non-hydrogen) atoms. The highest BCUT2D eigenvalue weighted by Gasteiger charge is 2.34. The molecule has 4 rings (SSSR count). The van der Waals surface area contributed by atoms with Crippen molar-refractivity contribution in [2.75, 3.05) is 11.9 Å². The molecule has 2 aromatic heterocycles. The first-order valence-electron chi connectivity index (χ1n) is 9.61. The fourth-order valence-corrected chi connectivity index (χ4v) is 3.59. The fourth-order valence-electron chi connectivity index (χ4n) is 3.59. The Labute approximate surface area is 167 Å². The van der Waals surface area contributed by atoms with Gasteiger partial charge in [0.05, 0.1) is 12.3 Å². The molecule has 0 bridgehead atoms. The molecule has 0 saturated carbocycles. The maximum absolute atomic E-state index is 12.6. The zero-order chi connectivity index (χ0) is 20.5. The summed E-state index contributed by atoms with van der Waals surface area (Å²) in [5.41, 5.74) is 2.38. The monoisotopic (exact) mass is 393 g/mol. The van der Waals surface area contributed by atoms with Crippen LogP contribution in [-0.4, -0.2) is 32.5 Å². The third-order valence-corrected chi connectivity index (χ3v) is 4.85. The van der Waals surface area contributed by atoms with E-state index in [1.807, 2.05) is 31.2 Å². The first-order chi connectivity index (χ1) is 13.9. The lowest BCUT2D eigenvalue weighted by Crippen LogP contribution is -2.25. The van der Waals surface area contributed by atoms with Gasteiger partial charge in [-0.05, 0) is 25.0 Å². The average Bonchev–Trinajstić information content (AvgIpc) is 3.03. The van der Waals surface area contributed by atoms with E-state index in [0.29, 0.717) is 30.6 Å². The molecule has 3 aromatic rings. The van der Waals surface area contributed by atoms with Crippen molar-refractivity contribution in [1.82, 2.24) is 20.0 Å². The molecule has 8 nitrogen and oxygen atoms in total. The highest BCUT2D eigenvalue weighted by Crippen LogP contribution is 2.42. The van der Waals surface area contributed by atoms with Crippen molar-refractivity contribution in [3.63, 3.8) is 0 Å². The van der Waals surface area contributed by atoms with Crippen molar-refractivity contribution in [2.24, 2.45) is 5.92 Å². The van der Waals surface area contributed by atoms with Crippen molar-refractivity contribution in [1.29, 1.82) is 0 Å². The van der Waals surface area contributed by atoms with E-state index in [2.05, 4.69) is 34.5 Å². The number of hydrogen-bond donors (Lipinski definition) is 2. The Hall–Kier alpha value is -3.42. The number of rotatable bonds is 5. The zero-order valence-electron chi connectivity index (χ0n) is 16.6. The Kier molecular flexibility index (Phi) is 4.92. The number of aromatic amines is 1. The number of hydrogen-bond acceptors (Lipinski definition) is 5. The summed E-state index contributed by atoms with van der Waals surface area (Å²) in [4.78, 5) is 23.9. The maximum Gasteiger partial charge on any atom is 0.264 e. The van der Waals surface area contributed by atoms with Gasteiger partial charge in [0.1, 0.15) is 11.6 Å². The van der Waals surface area contributed by atoms with Crippen LogP contribution in [0.5, 0.6) is 5.75 Å². The fraction of sp³-hybridized carbons (Fsp3) is 0.333. The van der Waals surface area contributed by atoms with E-state index < -0.39 is 0 Å². The van der Waals surface area contributed by atoms with Crippen molar-refractivity contribution >= 4 is 11.7 Å². The molecular formula is C21H23N5O3. The Morgan fingerprint density at radius 2 is 2.00 bits per heavy atom. The average molecular weight is 393 g/mol. The van der Waals surface area contributed by atoms with E-state index in [0.717, 1.165) is 22.6 Å². The Bertz CT molecular complexity index is 1100. The number of para-hydroxylation sites is 1. The maximum atomic E-state index is 12.6. The molecule has 1 amide bonds. The molecule has 0 aliphatic carbocycles. The van der Waals surface area contributed by atoms with Gasteiger partial charge in [-0.3, -0.25) is 9.59 Å². The Morgan fingerprint density at radius 3 is 2.72 bits per heavy atom. The summed E-state index contributed by atoms with van der Waals surface area (Å²) < 4.78 is 7.59. The number of aryl methyl sites for hydroxylation is 1. The topological polar surface area (TPSA) is 102 Å². The Balaban J connectivity index is 1.81. The van der Waals surface area contributed by atoms with Crippen LogP contribution in [0, 0.1) is 12.8 Å². The van der Waals surface area contributed by atoms with Crippen LogP contribution in [0.15, 0.2) is 41.2 Å². The molecule has 1 unspecified atom stereocenters. The van der Waals surface area contributed by atoms with Crippen LogP contribution in [0.1, 0.15) is 43.0 Å². The number of H-pyrrole nitrogens is 1. The van der Waals surface area contributed by atoms with Crippen LogP contribution in [0.25, 0.3) is 5.82 Å². The lowest BCUT2D eigenvalue weighted by Gasteiger charge is -2.26. The molecule has 1 aliphatic heterocycles. The predicted octanol–water partition coefficient (Wildman–Crippen LogP) is 2.77. The highest BCUT2D eigenvalue weighted by atomic mass is 16.5. The standard InChI is InChI=1S/C21H23N5O3/c1-12(2)11-29-16-7-5-4-6-14(16)15-10-19(28)22-21-20(15)13(3)25-26(21)17-8-9-18(27)24-23-17/h4-9,12,15H,10-11H2,1-3H3,(H,22,28)(H,24,27). The van der Waals surface area contributed by atoms with E-state index in [4.69, 9.17) is 4.74 Å². The summed E-state index contributed by atoms with van der Waals surface area (Å²) in [6.45, 7) is 6.70. The minimum atomic E-state index is -0.301. The quantitative estimate of drug-likeness (QED) is 0.694. The van der Waals surface area contributed by atoms with Crippen molar-refractivity contribution in [3.8, 4) is 11.6 Å². The van der Waals surface area contributed by atoms with E-state index in [1.165, 1.54) is 6.07 Å². The van der Waals surface area contributed by atoms with Crippen LogP contribution >= 0.6 is 0 Å². The lowest BCUT2D eigenvalue weighted by molar-refractivity contribution is -0.116. The molecule has 2 N–H and O–H groups in total. The summed E-state index contributed by atoms with van der Waals surface area (Å²) in [6, 6.07) is 10.8. The second-order valence-corrected chi connectivity index (χ2v) is 7.59. The van der Waals surface area contributed by atoms with Gasteiger partial charge >= 0.3 is 0 Å². The summed E-state index contributed by atoms with van der Waals surface area (Å²) >= 11 is 0. The summed E-state index contributed by atoms with van der Waals surface area (Å²) in [6.07, 6.45) is 0.306. The largest absolute Gasteiger partial charge is 0.493 e. The number of nitrogens with zero attached hydrogens (tertiary/aromatic N) is 3. The van der Waals surface area contributed by atoms with Crippen LogP contribution in [0.4, 0.5) is 5.82 Å². The molecule has 0 fully saturated rings. The van der Waals surface area contributed by atoms with Gasteiger partial charge in [0, 0.05) is 29.5 Å². The second-order valence-electron chi connectivity index (χ2n) is 7.59. The number of aromatic nitrogens is 4. The van der Waals surface area contributed by atoms with Gasteiger partial charge in [0.15, 0.2) is 5.82 Å². The van der Waals surface area contributed by atoms with Crippen LogP contribution in [0.3, 0.4) is 0 Å². The number of nitrogens with one attached hydrogen (secondary N) is 2. The lowest BCUT2D eigenvalue weighted by atomic mass is 9.85. The van der Waals surface area contributed by atoms with Crippen LogP contribution in [-0.2, 0) is 4.79 Å². The first-order valence-corrected chi connectivity index (χ1v) is 9.61. The third kappa shape index (κ3) is 3.65. The van der Waals surface area contributed by atoms with Crippen LogP contribution in [0.2, 0.25) is 0 Å². The minimum Gasteiger partial charge on any atom is -0.493 e. The number of carbonyl (C=O) groups is 1. The summed E-state index contributed by atoms with van der Waals surface area (Å²) in [7, 11) is 0. The smallest absolute Gasteiger partial charge is 0.264 e. The van der Waals surface area contributed by atoms with Crippen molar-refractivity contribution in [3.05, 3.63) is 63.6 Å². The molecular weight excluding hydrogens is 370 g/mol. The minimum absolute atomic E-state index is 0.105. The van der Waals surface area contributed by atoms with Gasteiger partial charge in [0.25, 0.3) is 5.56 Å². The van der Waals surface area contributed by atoms with E-state index in [-0.39, 0.29) is 17.4 Å². The highest BCUT2D eigenvalue weighted by molar-refractivity contribution is 5.95. The molecule has 0 spiro atoms. The van der Waals surface area contributed by atoms with Crippen LogP contribution < -0.4 is 15.6 Å². The number of carbonyl (C=O) groups excluding carboxylic acids is 1. The summed E-state index contributed by atoms with van der Waals surface area (Å²) in [5, 5.41) is 14.0. The van der Waals surface area contributed by atoms with Gasteiger partial charge < -0.3 is 10.1 Å². The first kappa shape index (κ1) is 18.9. The molecule has 1 aromatic carbocycles. The third-order valence-electron chi connectivity index (χ3n) is 4.85. The van der Waals surface area contributed by atoms with Gasteiger partial charge in [-0.2, -0.15) is 14.9 Å². The molecule has 150 valence electrons. The SMILES string of the molecule is Cc1nn(-c2ccc(=O)[nH]n2)c2c1C(c1ccccc1OCC(C)C)CC(=O)N2. The number of benzene rings is 1. The number of amides is 1. The van der Waals surface area contributed by atoms with Gasteiger partial charge in [0.2, 0.25) is 5.91 Å². The molecule has 1 aliphatic rings. The van der Waals surface area contributed by atoms with Crippen molar-refractivity contribution < 1.29 is 9.53 Å². The molecule has 3 heterocycles. The second kappa shape index (κ2) is 7.54. The number of fused-ring (bicyclic) bond motifs is 1. The molecule has 0 saturated heterocycles. The molecule has 0 radical (unpaired) electrons.